The van der Waals surface area contributed by atoms with E-state index >= 15 is 0 Å². The van der Waals surface area contributed by atoms with Crippen LogP contribution in [0, 0.1) is 10.1 Å². The zero-order valence-electron chi connectivity index (χ0n) is 9.38. The van der Waals surface area contributed by atoms with E-state index < -0.39 is 4.92 Å². The van der Waals surface area contributed by atoms with Gasteiger partial charge in [-0.3, -0.25) is 10.1 Å². The summed E-state index contributed by atoms with van der Waals surface area (Å²) in [5, 5.41) is 13.7. The molecule has 0 radical (unpaired) electrons. The number of nitrogens with zero attached hydrogens (tertiary/aromatic N) is 1. The highest BCUT2D eigenvalue weighted by atomic mass is 16.6. The van der Waals surface area contributed by atoms with E-state index in [-0.39, 0.29) is 11.6 Å². The van der Waals surface area contributed by atoms with Crippen molar-refractivity contribution in [2.45, 2.75) is 12.8 Å². The molecule has 1 aliphatic heterocycles. The molecule has 17 heavy (non-hydrogen) atoms. The third-order valence-electron chi connectivity index (χ3n) is 2.60. The lowest BCUT2D eigenvalue weighted by molar-refractivity contribution is -0.384. The largest absolute Gasteiger partial charge is 0.386 e. The molecule has 5 nitrogen and oxygen atoms in total. The topological polar surface area (TPSA) is 81.2 Å². The van der Waals surface area contributed by atoms with Crippen LogP contribution in [0.5, 0.6) is 0 Å². The van der Waals surface area contributed by atoms with E-state index in [0.29, 0.717) is 5.82 Å². The second kappa shape index (κ2) is 4.29. The molecule has 0 aromatic heterocycles. The van der Waals surface area contributed by atoms with E-state index in [1.54, 1.807) is 12.1 Å². The Hall–Kier alpha value is -2.30. The van der Waals surface area contributed by atoms with Crippen molar-refractivity contribution in [3.05, 3.63) is 63.6 Å². The van der Waals surface area contributed by atoms with Gasteiger partial charge in [0.2, 0.25) is 0 Å². The molecule has 0 aliphatic carbocycles. The Morgan fingerprint density at radius 3 is 2.82 bits per heavy atom. The van der Waals surface area contributed by atoms with Crippen LogP contribution < -0.4 is 11.1 Å². The third kappa shape index (κ3) is 2.44. The summed E-state index contributed by atoms with van der Waals surface area (Å²) in [4.78, 5) is 10.3. The highest BCUT2D eigenvalue weighted by Gasteiger charge is 2.14. The lowest BCUT2D eigenvalue weighted by Gasteiger charge is -2.18. The van der Waals surface area contributed by atoms with Crippen LogP contribution in [0.1, 0.15) is 18.4 Å². The van der Waals surface area contributed by atoms with Crippen LogP contribution in [0.4, 0.5) is 5.69 Å². The molecular weight excluding hydrogens is 218 g/mol. The Morgan fingerprint density at radius 1 is 1.41 bits per heavy atom. The van der Waals surface area contributed by atoms with Crippen LogP contribution in [0.25, 0.3) is 0 Å². The maximum Gasteiger partial charge on any atom is 0.269 e. The molecule has 1 atom stereocenters. The summed E-state index contributed by atoms with van der Waals surface area (Å²) in [5.74, 6) is 0.553. The quantitative estimate of drug-likeness (QED) is 0.602. The fraction of sp³-hybridized carbons (Fsp3) is 0.167. The number of non-ortho nitro benzene ring substituents is 1. The molecule has 0 spiro atoms. The van der Waals surface area contributed by atoms with Gasteiger partial charge in [-0.1, -0.05) is 18.2 Å². The van der Waals surface area contributed by atoms with Crippen LogP contribution in [0.2, 0.25) is 0 Å². The Balaban J connectivity index is 2.37. The summed E-state index contributed by atoms with van der Waals surface area (Å²) in [7, 11) is 0. The minimum absolute atomic E-state index is 0.0175. The molecule has 1 aromatic rings. The van der Waals surface area contributed by atoms with Crippen molar-refractivity contribution in [3.63, 3.8) is 0 Å². The number of nitro groups is 1. The van der Waals surface area contributed by atoms with Crippen molar-refractivity contribution >= 4 is 5.69 Å². The van der Waals surface area contributed by atoms with Gasteiger partial charge in [0, 0.05) is 23.7 Å². The van der Waals surface area contributed by atoms with E-state index in [1.807, 2.05) is 25.1 Å². The molecule has 1 heterocycles. The van der Waals surface area contributed by atoms with Crippen molar-refractivity contribution in [1.29, 1.82) is 0 Å². The first kappa shape index (κ1) is 11.2. The molecule has 3 N–H and O–H groups in total. The minimum Gasteiger partial charge on any atom is -0.386 e. The summed E-state index contributed by atoms with van der Waals surface area (Å²) in [6, 6.07) is 6.59. The van der Waals surface area contributed by atoms with E-state index in [4.69, 9.17) is 5.73 Å². The number of hydrogen-bond donors (Lipinski definition) is 2. The number of hydrogen-bond acceptors (Lipinski definition) is 4. The number of allylic oxidation sites excluding steroid dienone is 3. The molecule has 88 valence electrons. The van der Waals surface area contributed by atoms with Gasteiger partial charge < -0.3 is 11.1 Å². The van der Waals surface area contributed by atoms with Crippen LogP contribution in [0.15, 0.2) is 47.9 Å². The highest BCUT2D eigenvalue weighted by Crippen LogP contribution is 2.26. The average molecular weight is 231 g/mol. The normalized spacial score (nSPS) is 19.0. The summed E-state index contributed by atoms with van der Waals surface area (Å²) in [6.07, 6.45) is 3.82. The molecule has 2 rings (SSSR count). The fourth-order valence-electron chi connectivity index (χ4n) is 1.86. The maximum atomic E-state index is 10.7. The lowest BCUT2D eigenvalue weighted by Crippen LogP contribution is -2.22. The van der Waals surface area contributed by atoms with E-state index in [1.165, 1.54) is 6.07 Å². The van der Waals surface area contributed by atoms with Gasteiger partial charge in [0.05, 0.1) is 10.7 Å². The van der Waals surface area contributed by atoms with E-state index in [9.17, 15) is 10.1 Å². The first-order valence-corrected chi connectivity index (χ1v) is 5.23. The smallest absolute Gasteiger partial charge is 0.269 e. The Labute approximate surface area is 98.8 Å². The summed E-state index contributed by atoms with van der Waals surface area (Å²) >= 11 is 0. The van der Waals surface area contributed by atoms with Crippen molar-refractivity contribution < 1.29 is 4.92 Å². The van der Waals surface area contributed by atoms with Gasteiger partial charge in [0.25, 0.3) is 5.69 Å². The summed E-state index contributed by atoms with van der Waals surface area (Å²) < 4.78 is 0. The predicted molar refractivity (Wildman–Crippen MR) is 65.0 cm³/mol. The first-order chi connectivity index (χ1) is 8.06. The van der Waals surface area contributed by atoms with Crippen molar-refractivity contribution in [2.24, 2.45) is 5.73 Å². The van der Waals surface area contributed by atoms with Gasteiger partial charge in [-0.2, -0.15) is 0 Å². The molecule has 5 heteroatoms. The molecule has 0 amide bonds. The lowest BCUT2D eigenvalue weighted by atomic mass is 9.95. The average Bonchev–Trinajstić information content (AvgIpc) is 2.28. The van der Waals surface area contributed by atoms with Crippen molar-refractivity contribution in [1.82, 2.24) is 5.32 Å². The molecule has 0 fully saturated rings. The zero-order valence-corrected chi connectivity index (χ0v) is 9.38. The van der Waals surface area contributed by atoms with Crippen LogP contribution in [0.3, 0.4) is 0 Å². The molecule has 1 unspecified atom stereocenters. The number of benzene rings is 1. The second-order valence-electron chi connectivity index (χ2n) is 3.97. The number of nitro benzene ring substituents is 1. The second-order valence-corrected chi connectivity index (χ2v) is 3.97. The van der Waals surface area contributed by atoms with Crippen LogP contribution >= 0.6 is 0 Å². The molecule has 1 aliphatic rings. The van der Waals surface area contributed by atoms with Crippen molar-refractivity contribution in [3.8, 4) is 0 Å². The number of nitrogens with one attached hydrogen (secondary N) is 1. The number of rotatable bonds is 2. The molecule has 0 saturated carbocycles. The Kier molecular flexibility index (Phi) is 2.82. The fourth-order valence-corrected chi connectivity index (χ4v) is 1.86. The van der Waals surface area contributed by atoms with E-state index in [0.717, 1.165) is 11.3 Å². The Morgan fingerprint density at radius 2 is 2.18 bits per heavy atom. The predicted octanol–water partition coefficient (Wildman–Crippen LogP) is 1.99. The number of dihydropyridines is 1. The maximum absolute atomic E-state index is 10.7. The van der Waals surface area contributed by atoms with E-state index in [2.05, 4.69) is 5.32 Å². The van der Waals surface area contributed by atoms with Gasteiger partial charge in [-0.15, -0.1) is 0 Å². The first-order valence-electron chi connectivity index (χ1n) is 5.23. The standard InChI is InChI=1S/C12H13N3O2/c1-8-5-10(7-12(13)14-8)9-3-2-4-11(6-9)15(16)17/h2-7,10,14H,13H2,1H3. The third-order valence-corrected chi connectivity index (χ3v) is 2.60. The van der Waals surface area contributed by atoms with Crippen LogP contribution in [-0.2, 0) is 0 Å². The Bertz CT molecular complexity index is 502. The highest BCUT2D eigenvalue weighted by molar-refractivity contribution is 5.41. The van der Waals surface area contributed by atoms with Gasteiger partial charge in [-0.25, -0.2) is 0 Å². The SMILES string of the molecule is CC1=CC(c2cccc([N+](=O)[O-])c2)C=C(N)N1. The van der Waals surface area contributed by atoms with Gasteiger partial charge in [0.15, 0.2) is 0 Å². The van der Waals surface area contributed by atoms with Crippen LogP contribution in [-0.4, -0.2) is 4.92 Å². The van der Waals surface area contributed by atoms with Gasteiger partial charge in [0.1, 0.15) is 0 Å². The number of nitrogens with two attached hydrogens (primary N) is 1. The van der Waals surface area contributed by atoms with Crippen molar-refractivity contribution in [2.75, 3.05) is 0 Å². The molecule has 1 aromatic carbocycles. The molecule has 0 bridgehead atoms. The monoisotopic (exact) mass is 231 g/mol. The zero-order chi connectivity index (χ0) is 12.4. The van der Waals surface area contributed by atoms with Gasteiger partial charge >= 0.3 is 0 Å². The summed E-state index contributed by atoms with van der Waals surface area (Å²) in [6.45, 7) is 1.91. The molecular formula is C12H13N3O2. The summed E-state index contributed by atoms with van der Waals surface area (Å²) in [5.41, 5.74) is 7.63. The molecule has 0 saturated heterocycles. The van der Waals surface area contributed by atoms with Gasteiger partial charge in [-0.05, 0) is 18.6 Å². The minimum atomic E-state index is -0.395.